The van der Waals surface area contributed by atoms with Crippen molar-refractivity contribution in [3.8, 4) is 0 Å². The Bertz CT molecular complexity index is 1460. The van der Waals surface area contributed by atoms with Crippen molar-refractivity contribution in [2.75, 3.05) is 26.2 Å². The Morgan fingerprint density at radius 2 is 1.77 bits per heavy atom. The molecule has 6 rings (SSSR count). The topological polar surface area (TPSA) is 105 Å². The standard InChI is InChI=1S/C26H24Cl2F2N6O3/c1-24(2)9-15(24)21(37)36-12-25(13-36)11-35(22(38)19-4-3-7-31-32-19)10-16(25)20-33-34-23(39-20)26(29,30)14-5-6-17(27)18(28)8-14/h3-8,15-16H,9-13H2,1-2H3/t15-,16?/m1/s1. The number of aromatic nitrogens is 4. The second-order valence-corrected chi connectivity index (χ2v) is 12.1. The van der Waals surface area contributed by atoms with Gasteiger partial charge in [-0.05, 0) is 36.1 Å². The van der Waals surface area contributed by atoms with Gasteiger partial charge in [-0.3, -0.25) is 9.59 Å². The van der Waals surface area contributed by atoms with Crippen LogP contribution in [0.2, 0.25) is 10.0 Å². The molecule has 204 valence electrons. The molecule has 1 aromatic carbocycles. The maximum Gasteiger partial charge on any atom is 0.349 e. The van der Waals surface area contributed by atoms with Crippen LogP contribution in [0.15, 0.2) is 40.9 Å². The highest BCUT2D eigenvalue weighted by Crippen LogP contribution is 2.56. The summed E-state index contributed by atoms with van der Waals surface area (Å²) in [4.78, 5) is 29.6. The van der Waals surface area contributed by atoms with E-state index in [0.29, 0.717) is 13.1 Å². The van der Waals surface area contributed by atoms with E-state index in [1.165, 1.54) is 12.3 Å². The lowest BCUT2D eigenvalue weighted by atomic mass is 9.71. The molecule has 1 aliphatic carbocycles. The fourth-order valence-electron chi connectivity index (χ4n) is 5.66. The molecule has 1 saturated carbocycles. The molecule has 2 aliphatic heterocycles. The SMILES string of the molecule is CC1(C)C[C@@H]1C(=O)N1CC2(CN(C(=O)c3cccnn3)CC2c2nnc(C(F)(F)c3ccc(Cl)c(Cl)c3)o2)C1. The summed E-state index contributed by atoms with van der Waals surface area (Å²) >= 11 is 11.8. The molecule has 0 radical (unpaired) electrons. The molecular weight excluding hydrogens is 553 g/mol. The van der Waals surface area contributed by atoms with Crippen LogP contribution in [0.3, 0.4) is 0 Å². The molecule has 3 fully saturated rings. The third-order valence-electron chi connectivity index (χ3n) is 8.15. The molecule has 39 heavy (non-hydrogen) atoms. The van der Waals surface area contributed by atoms with Gasteiger partial charge in [0.25, 0.3) is 11.8 Å². The van der Waals surface area contributed by atoms with Crippen molar-refractivity contribution in [1.82, 2.24) is 30.2 Å². The van der Waals surface area contributed by atoms with Crippen LogP contribution < -0.4 is 0 Å². The Balaban J connectivity index is 1.28. The second-order valence-electron chi connectivity index (χ2n) is 11.3. The van der Waals surface area contributed by atoms with Crippen LogP contribution in [0.5, 0.6) is 0 Å². The first-order valence-corrected chi connectivity index (χ1v) is 13.2. The van der Waals surface area contributed by atoms with Crippen LogP contribution in [0.4, 0.5) is 8.78 Å². The Hall–Kier alpha value is -3.18. The fourth-order valence-corrected chi connectivity index (χ4v) is 5.96. The van der Waals surface area contributed by atoms with Crippen LogP contribution in [-0.2, 0) is 10.7 Å². The zero-order valence-electron chi connectivity index (χ0n) is 21.1. The van der Waals surface area contributed by atoms with Crippen LogP contribution in [0.25, 0.3) is 0 Å². The quantitative estimate of drug-likeness (QED) is 0.442. The molecule has 13 heteroatoms. The second kappa shape index (κ2) is 8.92. The van der Waals surface area contributed by atoms with Gasteiger partial charge in [0.05, 0.1) is 16.0 Å². The van der Waals surface area contributed by atoms with Gasteiger partial charge in [-0.1, -0.05) is 43.1 Å². The largest absolute Gasteiger partial charge is 0.419 e. The summed E-state index contributed by atoms with van der Waals surface area (Å²) in [6, 6.07) is 6.64. The highest BCUT2D eigenvalue weighted by atomic mass is 35.5. The molecule has 4 heterocycles. The molecule has 3 aromatic rings. The van der Waals surface area contributed by atoms with Gasteiger partial charge < -0.3 is 14.2 Å². The molecule has 3 aliphatic rings. The number of carbonyl (C=O) groups excluding carboxylic acids is 2. The van der Waals surface area contributed by atoms with Crippen LogP contribution in [-0.4, -0.2) is 68.2 Å². The highest BCUT2D eigenvalue weighted by molar-refractivity contribution is 6.42. The molecule has 2 atom stereocenters. The van der Waals surface area contributed by atoms with Crippen LogP contribution in [0.1, 0.15) is 54.0 Å². The molecule has 2 amide bonds. The Morgan fingerprint density at radius 3 is 2.41 bits per heavy atom. The van der Waals surface area contributed by atoms with E-state index < -0.39 is 28.7 Å². The van der Waals surface area contributed by atoms with Crippen molar-refractivity contribution in [3.05, 3.63) is 69.6 Å². The van der Waals surface area contributed by atoms with Gasteiger partial charge in [-0.25, -0.2) is 0 Å². The van der Waals surface area contributed by atoms with E-state index in [1.807, 2.05) is 0 Å². The molecule has 2 saturated heterocycles. The van der Waals surface area contributed by atoms with Crippen LogP contribution >= 0.6 is 23.2 Å². The van der Waals surface area contributed by atoms with Crippen molar-refractivity contribution in [2.24, 2.45) is 16.7 Å². The number of nitrogens with zero attached hydrogens (tertiary/aromatic N) is 6. The summed E-state index contributed by atoms with van der Waals surface area (Å²) in [6.45, 7) is 5.25. The van der Waals surface area contributed by atoms with Crippen LogP contribution in [0, 0.1) is 16.7 Å². The van der Waals surface area contributed by atoms with E-state index in [1.54, 1.807) is 21.9 Å². The smallest absolute Gasteiger partial charge is 0.349 e. The van der Waals surface area contributed by atoms with Gasteiger partial charge in [0.15, 0.2) is 5.69 Å². The maximum absolute atomic E-state index is 15.3. The average Bonchev–Trinajstić information content (AvgIpc) is 3.24. The predicted molar refractivity (Wildman–Crippen MR) is 135 cm³/mol. The first kappa shape index (κ1) is 26.1. The van der Waals surface area contributed by atoms with Crippen molar-refractivity contribution in [3.63, 3.8) is 0 Å². The lowest BCUT2D eigenvalue weighted by Crippen LogP contribution is -2.62. The average molecular weight is 577 g/mol. The first-order chi connectivity index (χ1) is 18.4. The summed E-state index contributed by atoms with van der Waals surface area (Å²) in [6.07, 6.45) is 2.29. The summed E-state index contributed by atoms with van der Waals surface area (Å²) < 4.78 is 36.2. The summed E-state index contributed by atoms with van der Waals surface area (Å²) in [5, 5.41) is 15.5. The molecule has 0 N–H and O–H groups in total. The number of hydrogen-bond acceptors (Lipinski definition) is 7. The normalized spacial score (nSPS) is 23.1. The number of alkyl halides is 2. The van der Waals surface area contributed by atoms with E-state index in [2.05, 4.69) is 34.2 Å². The molecule has 0 bridgehead atoms. The minimum absolute atomic E-state index is 0.0157. The number of halogens is 4. The third kappa shape index (κ3) is 4.35. The van der Waals surface area contributed by atoms with E-state index in [0.717, 1.165) is 18.6 Å². The number of rotatable bonds is 5. The lowest BCUT2D eigenvalue weighted by molar-refractivity contribution is -0.146. The summed E-state index contributed by atoms with van der Waals surface area (Å²) in [5.41, 5.74) is -0.923. The van der Waals surface area contributed by atoms with E-state index in [9.17, 15) is 9.59 Å². The minimum atomic E-state index is -3.63. The number of amides is 2. The van der Waals surface area contributed by atoms with E-state index in [4.69, 9.17) is 27.6 Å². The van der Waals surface area contributed by atoms with Gasteiger partial charge in [0.1, 0.15) is 0 Å². The predicted octanol–water partition coefficient (Wildman–Crippen LogP) is 4.42. The van der Waals surface area contributed by atoms with Gasteiger partial charge in [0.2, 0.25) is 11.8 Å². The maximum atomic E-state index is 15.3. The van der Waals surface area contributed by atoms with Crippen molar-refractivity contribution in [1.29, 1.82) is 0 Å². The zero-order chi connectivity index (χ0) is 27.7. The highest BCUT2D eigenvalue weighted by Gasteiger charge is 2.62. The van der Waals surface area contributed by atoms with E-state index >= 15 is 8.78 Å². The minimum Gasteiger partial charge on any atom is -0.419 e. The number of benzene rings is 1. The Kier molecular flexibility index (Phi) is 5.96. The number of carbonyl (C=O) groups is 2. The first-order valence-electron chi connectivity index (χ1n) is 12.4. The van der Waals surface area contributed by atoms with E-state index in [-0.39, 0.29) is 57.9 Å². The monoisotopic (exact) mass is 576 g/mol. The molecular formula is C26H24Cl2F2N6O3. The van der Waals surface area contributed by atoms with Gasteiger partial charge >= 0.3 is 5.92 Å². The number of likely N-dealkylation sites (tertiary alicyclic amines) is 2. The van der Waals surface area contributed by atoms with Gasteiger partial charge in [0, 0.05) is 49.3 Å². The van der Waals surface area contributed by atoms with Gasteiger partial charge in [-0.2, -0.15) is 13.9 Å². The van der Waals surface area contributed by atoms with Crippen molar-refractivity contribution < 1.29 is 22.8 Å². The molecule has 1 unspecified atom stereocenters. The van der Waals surface area contributed by atoms with Gasteiger partial charge in [-0.15, -0.1) is 15.3 Å². The van der Waals surface area contributed by atoms with Crippen molar-refractivity contribution in [2.45, 2.75) is 32.1 Å². The summed E-state index contributed by atoms with van der Waals surface area (Å²) in [5.74, 6) is -5.40. The Morgan fingerprint density at radius 1 is 1.05 bits per heavy atom. The van der Waals surface area contributed by atoms with Crippen molar-refractivity contribution >= 4 is 35.0 Å². The lowest BCUT2D eigenvalue weighted by Gasteiger charge is -2.50. The molecule has 1 spiro atoms. The molecule has 2 aromatic heterocycles. The fraction of sp³-hybridized carbons (Fsp3) is 0.462. The number of hydrogen-bond donors (Lipinski definition) is 0. The third-order valence-corrected chi connectivity index (χ3v) is 8.89. The molecule has 9 nitrogen and oxygen atoms in total. The summed E-state index contributed by atoms with van der Waals surface area (Å²) in [7, 11) is 0. The Labute approximate surface area is 232 Å². The zero-order valence-corrected chi connectivity index (χ0v) is 22.6.